The summed E-state index contributed by atoms with van der Waals surface area (Å²) >= 11 is 1.31. The van der Waals surface area contributed by atoms with Crippen LogP contribution in [0.2, 0.25) is 0 Å². The molecule has 156 valence electrons. The lowest BCUT2D eigenvalue weighted by atomic mass is 10.3. The molecule has 0 aliphatic heterocycles. The van der Waals surface area contributed by atoms with Gasteiger partial charge < -0.3 is 15.4 Å². The minimum absolute atomic E-state index is 0.349. The van der Waals surface area contributed by atoms with Gasteiger partial charge in [-0.2, -0.15) is 5.10 Å². The number of benzene rings is 1. The van der Waals surface area contributed by atoms with Crippen molar-refractivity contribution in [2.75, 3.05) is 18.5 Å². The molecule has 2 heterocycles. The first-order chi connectivity index (χ1) is 14.3. The normalized spacial score (nSPS) is 10.5. The molecule has 2 N–H and O–H groups in total. The number of anilines is 1. The zero-order valence-corrected chi connectivity index (χ0v) is 17.1. The number of aryl methyl sites for hydroxylation is 2. The van der Waals surface area contributed by atoms with Crippen molar-refractivity contribution in [3.63, 3.8) is 0 Å². The Balaban J connectivity index is 1.50. The first kappa shape index (κ1) is 21.2. The smallest absolute Gasteiger partial charge is 0.325 e. The third kappa shape index (κ3) is 5.51. The number of aromatic nitrogens is 2. The fourth-order valence-electron chi connectivity index (χ4n) is 2.54. The molecule has 0 unspecified atom stereocenters. The molecule has 0 atom stereocenters. The van der Waals surface area contributed by atoms with Crippen molar-refractivity contribution in [1.29, 1.82) is 0 Å². The number of esters is 1. The summed E-state index contributed by atoms with van der Waals surface area (Å²) < 4.78 is 19.5. The van der Waals surface area contributed by atoms with Gasteiger partial charge in [-0.1, -0.05) is 0 Å². The number of halogens is 1. The first-order valence-electron chi connectivity index (χ1n) is 8.94. The maximum absolute atomic E-state index is 13.1. The van der Waals surface area contributed by atoms with E-state index in [1.165, 1.54) is 40.3 Å². The maximum atomic E-state index is 13.1. The molecule has 0 saturated heterocycles. The van der Waals surface area contributed by atoms with Gasteiger partial charge >= 0.3 is 5.97 Å². The van der Waals surface area contributed by atoms with Gasteiger partial charge in [0.1, 0.15) is 18.2 Å². The van der Waals surface area contributed by atoms with Gasteiger partial charge in [0.25, 0.3) is 11.8 Å². The van der Waals surface area contributed by atoms with Gasteiger partial charge in [-0.25, -0.2) is 9.07 Å². The molecule has 2 amide bonds. The number of amides is 2. The average molecular weight is 430 g/mol. The van der Waals surface area contributed by atoms with E-state index >= 15 is 0 Å². The minimum Gasteiger partial charge on any atom is -0.454 e. The van der Waals surface area contributed by atoms with E-state index in [4.69, 9.17) is 4.74 Å². The molecule has 8 nitrogen and oxygen atoms in total. The van der Waals surface area contributed by atoms with Gasteiger partial charge in [0.05, 0.1) is 16.3 Å². The Kier molecular flexibility index (Phi) is 6.58. The number of nitrogens with one attached hydrogen (secondary N) is 2. The molecular weight excluding hydrogens is 411 g/mol. The Labute approximate surface area is 175 Å². The molecule has 1 aromatic carbocycles. The standard InChI is InChI=1S/C20H19FN4O4S/c1-12-9-17(25(24-12)15-6-4-14(21)5-7-15)23-18(26)11-29-19(27)10-22-20(28)16-8-3-13(2)30-16/h3-9H,10-11H2,1-2H3,(H,22,28)(H,23,26). The largest absolute Gasteiger partial charge is 0.454 e. The predicted molar refractivity (Wildman–Crippen MR) is 109 cm³/mol. The molecular formula is C20H19FN4O4S. The van der Waals surface area contributed by atoms with Crippen LogP contribution >= 0.6 is 11.3 Å². The molecule has 0 aliphatic rings. The van der Waals surface area contributed by atoms with Gasteiger partial charge in [-0.15, -0.1) is 11.3 Å². The van der Waals surface area contributed by atoms with Crippen molar-refractivity contribution in [3.8, 4) is 5.69 Å². The summed E-state index contributed by atoms with van der Waals surface area (Å²) in [5.74, 6) is -1.74. The SMILES string of the molecule is Cc1cc(NC(=O)COC(=O)CNC(=O)c2ccc(C)s2)n(-c2ccc(F)cc2)n1. The van der Waals surface area contributed by atoms with Crippen molar-refractivity contribution in [1.82, 2.24) is 15.1 Å². The third-order valence-electron chi connectivity index (χ3n) is 3.89. The molecule has 0 aliphatic carbocycles. The Bertz CT molecular complexity index is 1070. The summed E-state index contributed by atoms with van der Waals surface area (Å²) in [5, 5.41) is 9.31. The maximum Gasteiger partial charge on any atom is 0.325 e. The van der Waals surface area contributed by atoms with E-state index in [9.17, 15) is 18.8 Å². The summed E-state index contributed by atoms with van der Waals surface area (Å²) in [6.07, 6.45) is 0. The van der Waals surface area contributed by atoms with Crippen molar-refractivity contribution < 1.29 is 23.5 Å². The van der Waals surface area contributed by atoms with Crippen LogP contribution in [0.1, 0.15) is 20.2 Å². The molecule has 3 rings (SSSR count). The highest BCUT2D eigenvalue weighted by atomic mass is 32.1. The second-order valence-electron chi connectivity index (χ2n) is 6.36. The number of nitrogens with zero attached hydrogens (tertiary/aromatic N) is 2. The second-order valence-corrected chi connectivity index (χ2v) is 7.65. The van der Waals surface area contributed by atoms with Crippen LogP contribution in [0.5, 0.6) is 0 Å². The van der Waals surface area contributed by atoms with Gasteiger partial charge in [-0.3, -0.25) is 14.4 Å². The van der Waals surface area contributed by atoms with Crippen LogP contribution in [0.4, 0.5) is 10.2 Å². The number of rotatable bonds is 7. The zero-order chi connectivity index (χ0) is 21.7. The third-order valence-corrected chi connectivity index (χ3v) is 4.89. The van der Waals surface area contributed by atoms with E-state index in [1.54, 1.807) is 25.1 Å². The van der Waals surface area contributed by atoms with E-state index in [2.05, 4.69) is 15.7 Å². The predicted octanol–water partition coefficient (Wildman–Crippen LogP) is 2.60. The summed E-state index contributed by atoms with van der Waals surface area (Å²) in [6.45, 7) is 2.74. The number of ether oxygens (including phenoxy) is 1. The molecule has 30 heavy (non-hydrogen) atoms. The summed E-state index contributed by atoms with van der Waals surface area (Å²) in [4.78, 5) is 37.3. The van der Waals surface area contributed by atoms with Crippen LogP contribution < -0.4 is 10.6 Å². The molecule has 0 spiro atoms. The zero-order valence-electron chi connectivity index (χ0n) is 16.3. The summed E-state index contributed by atoms with van der Waals surface area (Å²) in [6, 6.07) is 10.7. The Morgan fingerprint density at radius 3 is 2.53 bits per heavy atom. The number of carbonyl (C=O) groups excluding carboxylic acids is 3. The number of hydrogen-bond donors (Lipinski definition) is 2. The second kappa shape index (κ2) is 9.31. The lowest BCUT2D eigenvalue weighted by molar-refractivity contribution is -0.146. The lowest BCUT2D eigenvalue weighted by Gasteiger charge is -2.09. The first-order valence-corrected chi connectivity index (χ1v) is 9.76. The molecule has 10 heteroatoms. The van der Waals surface area contributed by atoms with Gasteiger partial charge in [0, 0.05) is 10.9 Å². The van der Waals surface area contributed by atoms with Crippen LogP contribution in [0, 0.1) is 19.7 Å². The average Bonchev–Trinajstić information content (AvgIpc) is 3.30. The topological polar surface area (TPSA) is 102 Å². The van der Waals surface area contributed by atoms with E-state index in [-0.39, 0.29) is 18.3 Å². The number of carbonyl (C=O) groups is 3. The highest BCUT2D eigenvalue weighted by Crippen LogP contribution is 2.17. The quantitative estimate of drug-likeness (QED) is 0.561. The van der Waals surface area contributed by atoms with Gasteiger partial charge in [-0.05, 0) is 50.2 Å². The van der Waals surface area contributed by atoms with Gasteiger partial charge in [0.2, 0.25) is 0 Å². The van der Waals surface area contributed by atoms with Crippen molar-refractivity contribution >= 4 is 34.9 Å². The van der Waals surface area contributed by atoms with Crippen LogP contribution in [0.15, 0.2) is 42.5 Å². The Morgan fingerprint density at radius 2 is 1.87 bits per heavy atom. The van der Waals surface area contributed by atoms with E-state index < -0.39 is 18.5 Å². The van der Waals surface area contributed by atoms with Crippen molar-refractivity contribution in [3.05, 3.63) is 63.7 Å². The van der Waals surface area contributed by atoms with Crippen LogP contribution in [0.25, 0.3) is 5.69 Å². The molecule has 0 radical (unpaired) electrons. The molecule has 0 bridgehead atoms. The van der Waals surface area contributed by atoms with Crippen LogP contribution in [0.3, 0.4) is 0 Å². The van der Waals surface area contributed by atoms with E-state index in [0.29, 0.717) is 22.1 Å². The molecule has 2 aromatic heterocycles. The molecule has 0 saturated carbocycles. The Hall–Kier alpha value is -3.53. The lowest BCUT2D eigenvalue weighted by Crippen LogP contribution is -2.32. The fourth-order valence-corrected chi connectivity index (χ4v) is 3.32. The van der Waals surface area contributed by atoms with Crippen molar-refractivity contribution in [2.24, 2.45) is 0 Å². The molecule has 3 aromatic rings. The van der Waals surface area contributed by atoms with Gasteiger partial charge in [0.15, 0.2) is 6.61 Å². The Morgan fingerprint density at radius 1 is 1.13 bits per heavy atom. The monoisotopic (exact) mass is 430 g/mol. The minimum atomic E-state index is -0.741. The fraction of sp³-hybridized carbons (Fsp3) is 0.200. The number of hydrogen-bond acceptors (Lipinski definition) is 6. The highest BCUT2D eigenvalue weighted by molar-refractivity contribution is 7.13. The summed E-state index contributed by atoms with van der Waals surface area (Å²) in [5.41, 5.74) is 1.20. The van der Waals surface area contributed by atoms with Crippen LogP contribution in [-0.2, 0) is 14.3 Å². The van der Waals surface area contributed by atoms with Crippen LogP contribution in [-0.4, -0.2) is 40.7 Å². The highest BCUT2D eigenvalue weighted by Gasteiger charge is 2.14. The summed E-state index contributed by atoms with van der Waals surface area (Å²) in [7, 11) is 0. The molecule has 0 fully saturated rings. The number of thiophene rings is 1. The van der Waals surface area contributed by atoms with Crippen molar-refractivity contribution in [2.45, 2.75) is 13.8 Å². The van der Waals surface area contributed by atoms with E-state index in [1.807, 2.05) is 6.92 Å². The van der Waals surface area contributed by atoms with E-state index in [0.717, 1.165) is 4.88 Å².